The highest BCUT2D eigenvalue weighted by molar-refractivity contribution is 5.94. The van der Waals surface area contributed by atoms with E-state index in [0.717, 1.165) is 6.07 Å². The van der Waals surface area contributed by atoms with Gasteiger partial charge in [0.05, 0.1) is 5.69 Å². The van der Waals surface area contributed by atoms with E-state index in [1.165, 1.54) is 12.1 Å². The van der Waals surface area contributed by atoms with Crippen LogP contribution >= 0.6 is 0 Å². The Hall–Kier alpha value is -1.58. The lowest BCUT2D eigenvalue weighted by atomic mass is 9.88. The molecule has 0 saturated carbocycles. The number of nitrogens with two attached hydrogens (primary N) is 1. The van der Waals surface area contributed by atoms with Crippen LogP contribution < -0.4 is 11.1 Å². The average molecular weight is 238 g/mol. The fraction of sp³-hybridized carbons (Fsp3) is 0.462. The molecule has 0 bridgehead atoms. The topological polar surface area (TPSA) is 55.1 Å². The van der Waals surface area contributed by atoms with Crippen LogP contribution in [0.2, 0.25) is 0 Å². The van der Waals surface area contributed by atoms with Crippen LogP contribution in [0.5, 0.6) is 0 Å². The fourth-order valence-electron chi connectivity index (χ4n) is 1.16. The first-order chi connectivity index (χ1) is 7.71. The molecule has 0 spiro atoms. The molecule has 94 valence electrons. The van der Waals surface area contributed by atoms with Gasteiger partial charge in [-0.25, -0.2) is 4.39 Å². The van der Waals surface area contributed by atoms with Gasteiger partial charge in [0.15, 0.2) is 0 Å². The molecular formula is C13H19FN2O. The van der Waals surface area contributed by atoms with Gasteiger partial charge >= 0.3 is 0 Å². The molecular weight excluding hydrogens is 219 g/mol. The predicted molar refractivity (Wildman–Crippen MR) is 67.2 cm³/mol. The van der Waals surface area contributed by atoms with Crippen molar-refractivity contribution in [2.45, 2.75) is 33.7 Å². The number of carbonyl (C=O) groups is 1. The predicted octanol–water partition coefficient (Wildman–Crippen LogP) is 2.57. The van der Waals surface area contributed by atoms with E-state index in [1.807, 2.05) is 27.7 Å². The van der Waals surface area contributed by atoms with Crippen molar-refractivity contribution in [3.8, 4) is 0 Å². The normalized spacial score (nSPS) is 13.2. The van der Waals surface area contributed by atoms with Crippen molar-refractivity contribution in [3.63, 3.8) is 0 Å². The van der Waals surface area contributed by atoms with Gasteiger partial charge in [0, 0.05) is 11.6 Å². The maximum absolute atomic E-state index is 13.2. The molecule has 0 aliphatic carbocycles. The number of nitrogens with one attached hydrogen (secondary N) is 1. The molecule has 1 unspecified atom stereocenters. The van der Waals surface area contributed by atoms with Crippen LogP contribution in [-0.4, -0.2) is 11.9 Å². The molecule has 1 atom stereocenters. The summed E-state index contributed by atoms with van der Waals surface area (Å²) in [6.45, 7) is 8.01. The van der Waals surface area contributed by atoms with E-state index in [-0.39, 0.29) is 28.6 Å². The van der Waals surface area contributed by atoms with Gasteiger partial charge < -0.3 is 11.1 Å². The second kappa shape index (κ2) is 4.73. The molecule has 0 saturated heterocycles. The molecule has 3 N–H and O–H groups in total. The van der Waals surface area contributed by atoms with E-state index >= 15 is 0 Å². The molecule has 1 aromatic rings. The van der Waals surface area contributed by atoms with E-state index in [2.05, 4.69) is 5.32 Å². The van der Waals surface area contributed by atoms with Gasteiger partial charge in [0.25, 0.3) is 5.91 Å². The van der Waals surface area contributed by atoms with E-state index in [0.29, 0.717) is 0 Å². The lowest BCUT2D eigenvalue weighted by molar-refractivity contribution is 0.0909. The first kappa shape index (κ1) is 13.5. The summed E-state index contributed by atoms with van der Waals surface area (Å²) in [5.74, 6) is -0.854. The smallest absolute Gasteiger partial charge is 0.251 e. The van der Waals surface area contributed by atoms with E-state index in [1.54, 1.807) is 0 Å². The van der Waals surface area contributed by atoms with Gasteiger partial charge in [0.1, 0.15) is 5.82 Å². The molecule has 1 amide bonds. The molecule has 0 aliphatic heterocycles. The number of carbonyl (C=O) groups excluding carboxylic acids is 1. The monoisotopic (exact) mass is 238 g/mol. The number of hydrogen-bond acceptors (Lipinski definition) is 2. The molecule has 0 radical (unpaired) electrons. The lowest BCUT2D eigenvalue weighted by Crippen LogP contribution is -2.41. The average Bonchev–Trinajstić information content (AvgIpc) is 2.20. The Kier molecular flexibility index (Phi) is 3.76. The number of benzene rings is 1. The van der Waals surface area contributed by atoms with Gasteiger partial charge in [-0.15, -0.1) is 0 Å². The first-order valence-electron chi connectivity index (χ1n) is 5.57. The first-order valence-corrected chi connectivity index (χ1v) is 5.57. The van der Waals surface area contributed by atoms with Crippen molar-refractivity contribution in [1.82, 2.24) is 5.32 Å². The van der Waals surface area contributed by atoms with Crippen LogP contribution in [0, 0.1) is 11.2 Å². The van der Waals surface area contributed by atoms with Crippen LogP contribution in [0.4, 0.5) is 10.1 Å². The number of halogens is 1. The molecule has 1 aromatic carbocycles. The standard InChI is InChI=1S/C13H19FN2O/c1-8(13(2,3)4)16-12(17)9-5-6-11(15)10(14)7-9/h5-8H,15H2,1-4H3,(H,16,17). The number of rotatable bonds is 2. The molecule has 17 heavy (non-hydrogen) atoms. The van der Waals surface area contributed by atoms with Crippen LogP contribution in [-0.2, 0) is 0 Å². The summed E-state index contributed by atoms with van der Waals surface area (Å²) in [6, 6.07) is 4.06. The summed E-state index contributed by atoms with van der Waals surface area (Å²) in [5.41, 5.74) is 5.64. The third-order valence-corrected chi connectivity index (χ3v) is 2.91. The molecule has 0 aliphatic rings. The lowest BCUT2D eigenvalue weighted by Gasteiger charge is -2.28. The number of anilines is 1. The number of hydrogen-bond donors (Lipinski definition) is 2. The Morgan fingerprint density at radius 2 is 2.00 bits per heavy atom. The van der Waals surface area contributed by atoms with Gasteiger partial charge in [-0.1, -0.05) is 20.8 Å². The molecule has 0 heterocycles. The van der Waals surface area contributed by atoms with E-state index < -0.39 is 5.82 Å². The molecule has 1 rings (SSSR count). The zero-order chi connectivity index (χ0) is 13.2. The summed E-state index contributed by atoms with van der Waals surface area (Å²) in [7, 11) is 0. The van der Waals surface area contributed by atoms with Crippen molar-refractivity contribution < 1.29 is 9.18 Å². The Labute approximate surface area is 101 Å². The summed E-state index contributed by atoms with van der Waals surface area (Å²) in [4.78, 5) is 11.8. The minimum absolute atomic E-state index is 0.00406. The zero-order valence-electron chi connectivity index (χ0n) is 10.7. The van der Waals surface area contributed by atoms with Crippen molar-refractivity contribution in [1.29, 1.82) is 0 Å². The molecule has 0 fully saturated rings. The van der Waals surface area contributed by atoms with Crippen molar-refractivity contribution in [2.24, 2.45) is 5.41 Å². The maximum atomic E-state index is 13.2. The summed E-state index contributed by atoms with van der Waals surface area (Å²) in [6.07, 6.45) is 0. The fourth-order valence-corrected chi connectivity index (χ4v) is 1.16. The summed E-state index contributed by atoms with van der Waals surface area (Å²) < 4.78 is 13.2. The van der Waals surface area contributed by atoms with Crippen LogP contribution in [0.1, 0.15) is 38.1 Å². The Balaban J connectivity index is 2.80. The Morgan fingerprint density at radius 1 is 1.41 bits per heavy atom. The maximum Gasteiger partial charge on any atom is 0.251 e. The molecule has 4 heteroatoms. The summed E-state index contributed by atoms with van der Waals surface area (Å²) >= 11 is 0. The Bertz CT molecular complexity index is 424. The van der Waals surface area contributed by atoms with Gasteiger partial charge in [0.2, 0.25) is 0 Å². The quantitative estimate of drug-likeness (QED) is 0.778. The second-order valence-corrected chi connectivity index (χ2v) is 5.30. The number of amides is 1. The molecule has 0 aromatic heterocycles. The van der Waals surface area contributed by atoms with Gasteiger partial charge in [-0.05, 0) is 30.5 Å². The van der Waals surface area contributed by atoms with Gasteiger partial charge in [-0.2, -0.15) is 0 Å². The number of nitrogen functional groups attached to an aromatic ring is 1. The highest BCUT2D eigenvalue weighted by Crippen LogP contribution is 2.19. The highest BCUT2D eigenvalue weighted by atomic mass is 19.1. The minimum Gasteiger partial charge on any atom is -0.396 e. The highest BCUT2D eigenvalue weighted by Gasteiger charge is 2.22. The van der Waals surface area contributed by atoms with Crippen molar-refractivity contribution in [2.75, 3.05) is 5.73 Å². The SMILES string of the molecule is CC(NC(=O)c1ccc(N)c(F)c1)C(C)(C)C. The van der Waals surface area contributed by atoms with Crippen molar-refractivity contribution in [3.05, 3.63) is 29.6 Å². The second-order valence-electron chi connectivity index (χ2n) is 5.30. The van der Waals surface area contributed by atoms with Gasteiger partial charge in [-0.3, -0.25) is 4.79 Å². The van der Waals surface area contributed by atoms with Crippen LogP contribution in [0.3, 0.4) is 0 Å². The summed E-state index contributed by atoms with van der Waals surface area (Å²) in [5, 5.41) is 2.84. The van der Waals surface area contributed by atoms with Crippen LogP contribution in [0.25, 0.3) is 0 Å². The van der Waals surface area contributed by atoms with E-state index in [9.17, 15) is 9.18 Å². The van der Waals surface area contributed by atoms with Crippen molar-refractivity contribution >= 4 is 11.6 Å². The van der Waals surface area contributed by atoms with E-state index in [4.69, 9.17) is 5.73 Å². The third-order valence-electron chi connectivity index (χ3n) is 2.91. The largest absolute Gasteiger partial charge is 0.396 e. The van der Waals surface area contributed by atoms with Crippen LogP contribution in [0.15, 0.2) is 18.2 Å². The third kappa shape index (κ3) is 3.44. The minimum atomic E-state index is -0.568. The zero-order valence-corrected chi connectivity index (χ0v) is 10.7. The Morgan fingerprint density at radius 3 is 2.47 bits per heavy atom. The molecule has 3 nitrogen and oxygen atoms in total.